The third kappa shape index (κ3) is 3.54. The topological polar surface area (TPSA) is 67.0 Å². The fraction of sp³-hybridized carbons (Fsp3) is 0.100. The molecule has 2 aromatic carbocycles. The van der Waals surface area contributed by atoms with Crippen molar-refractivity contribution < 1.29 is 13.9 Å². The molecule has 0 bridgehead atoms. The molecule has 0 fully saturated rings. The van der Waals surface area contributed by atoms with Gasteiger partial charge in [0, 0.05) is 28.0 Å². The zero-order valence-corrected chi connectivity index (χ0v) is 15.3. The second-order valence-corrected chi connectivity index (χ2v) is 6.83. The molecule has 0 atom stereocenters. The van der Waals surface area contributed by atoms with Gasteiger partial charge in [0.25, 0.3) is 0 Å². The van der Waals surface area contributed by atoms with Gasteiger partial charge in [0.05, 0.1) is 19.2 Å². The molecule has 0 aliphatic carbocycles. The van der Waals surface area contributed by atoms with Crippen molar-refractivity contribution in [3.8, 4) is 17.0 Å². The molecule has 4 aromatic rings. The summed E-state index contributed by atoms with van der Waals surface area (Å²) in [6.45, 7) is 0. The second-order valence-electron chi connectivity index (χ2n) is 5.97. The minimum atomic E-state index is -0.372. The number of ether oxygens (including phenoxy) is 1. The van der Waals surface area contributed by atoms with Crippen molar-refractivity contribution in [2.24, 2.45) is 0 Å². The minimum Gasteiger partial charge on any atom is -0.496 e. The van der Waals surface area contributed by atoms with E-state index in [1.165, 1.54) is 30.6 Å². The summed E-state index contributed by atoms with van der Waals surface area (Å²) in [5, 5.41) is 6.05. The van der Waals surface area contributed by atoms with Crippen molar-refractivity contribution in [3.05, 3.63) is 65.4 Å². The first-order chi connectivity index (χ1) is 13.1. The zero-order valence-electron chi connectivity index (χ0n) is 14.5. The molecule has 0 unspecified atom stereocenters. The van der Waals surface area contributed by atoms with Crippen LogP contribution in [-0.4, -0.2) is 23.0 Å². The summed E-state index contributed by atoms with van der Waals surface area (Å²) < 4.78 is 18.8. The molecule has 0 aliphatic heterocycles. The van der Waals surface area contributed by atoms with Crippen LogP contribution >= 0.6 is 11.3 Å². The highest BCUT2D eigenvalue weighted by Crippen LogP contribution is 2.32. The van der Waals surface area contributed by atoms with E-state index in [1.807, 2.05) is 30.5 Å². The molecule has 4 rings (SSSR count). The molecule has 2 N–H and O–H groups in total. The summed E-state index contributed by atoms with van der Waals surface area (Å²) in [6, 6.07) is 12.1. The number of carbonyl (C=O) groups is 1. The highest BCUT2D eigenvalue weighted by Gasteiger charge is 2.14. The molecular formula is C20H16FN3O2S. The summed E-state index contributed by atoms with van der Waals surface area (Å²) in [4.78, 5) is 20.0. The molecular weight excluding hydrogens is 365 g/mol. The summed E-state index contributed by atoms with van der Waals surface area (Å²) in [6.07, 6.45) is 2.08. The molecule has 0 radical (unpaired) electrons. The predicted molar refractivity (Wildman–Crippen MR) is 105 cm³/mol. The van der Waals surface area contributed by atoms with Crippen molar-refractivity contribution in [1.29, 1.82) is 0 Å². The lowest BCUT2D eigenvalue weighted by molar-refractivity contribution is -0.115. The number of hydrogen-bond donors (Lipinski definition) is 2. The van der Waals surface area contributed by atoms with Gasteiger partial charge in [-0.1, -0.05) is 18.2 Å². The maximum Gasteiger partial charge on any atom is 0.230 e. The van der Waals surface area contributed by atoms with E-state index in [0.717, 1.165) is 16.5 Å². The monoisotopic (exact) mass is 381 g/mol. The van der Waals surface area contributed by atoms with E-state index in [9.17, 15) is 9.18 Å². The lowest BCUT2D eigenvalue weighted by Gasteiger charge is -2.06. The van der Waals surface area contributed by atoms with Gasteiger partial charge < -0.3 is 15.0 Å². The first-order valence-corrected chi connectivity index (χ1v) is 9.16. The predicted octanol–water partition coefficient (Wildman–Crippen LogP) is 4.62. The van der Waals surface area contributed by atoms with Gasteiger partial charge in [-0.3, -0.25) is 4.79 Å². The van der Waals surface area contributed by atoms with Gasteiger partial charge >= 0.3 is 0 Å². The van der Waals surface area contributed by atoms with E-state index in [4.69, 9.17) is 4.74 Å². The van der Waals surface area contributed by atoms with Gasteiger partial charge in [-0.25, -0.2) is 9.37 Å². The van der Waals surface area contributed by atoms with Crippen molar-refractivity contribution in [3.63, 3.8) is 0 Å². The van der Waals surface area contributed by atoms with Crippen molar-refractivity contribution in [1.82, 2.24) is 9.97 Å². The summed E-state index contributed by atoms with van der Waals surface area (Å²) >= 11 is 1.29. The van der Waals surface area contributed by atoms with E-state index in [2.05, 4.69) is 15.3 Å². The zero-order chi connectivity index (χ0) is 18.8. The molecule has 1 amide bonds. The Morgan fingerprint density at radius 3 is 3.00 bits per heavy atom. The third-order valence-electron chi connectivity index (χ3n) is 4.21. The van der Waals surface area contributed by atoms with Crippen LogP contribution in [0.4, 0.5) is 9.52 Å². The van der Waals surface area contributed by atoms with Gasteiger partial charge in [-0.05, 0) is 29.8 Å². The molecule has 0 aliphatic rings. The Morgan fingerprint density at radius 1 is 1.30 bits per heavy atom. The molecule has 0 saturated heterocycles. The number of carbonyl (C=O) groups excluding carboxylic acids is 1. The average molecular weight is 381 g/mol. The van der Waals surface area contributed by atoms with Gasteiger partial charge in [-0.2, -0.15) is 0 Å². The number of nitrogens with zero attached hydrogens (tertiary/aromatic N) is 1. The smallest absolute Gasteiger partial charge is 0.230 e. The lowest BCUT2D eigenvalue weighted by Crippen LogP contribution is -2.14. The Balaban J connectivity index is 1.51. The molecule has 2 aromatic heterocycles. The number of rotatable bonds is 5. The van der Waals surface area contributed by atoms with Crippen LogP contribution in [-0.2, 0) is 11.2 Å². The maximum atomic E-state index is 13.6. The van der Waals surface area contributed by atoms with Crippen molar-refractivity contribution in [2.75, 3.05) is 12.4 Å². The molecule has 0 saturated carbocycles. The van der Waals surface area contributed by atoms with Gasteiger partial charge in [0.2, 0.25) is 5.91 Å². The summed E-state index contributed by atoms with van der Waals surface area (Å²) in [5.41, 5.74) is 3.02. The van der Waals surface area contributed by atoms with Crippen molar-refractivity contribution in [2.45, 2.75) is 6.42 Å². The number of benzene rings is 2. The number of fused-ring (bicyclic) bond motifs is 1. The van der Waals surface area contributed by atoms with Crippen LogP contribution in [0.15, 0.2) is 54.0 Å². The van der Waals surface area contributed by atoms with Crippen molar-refractivity contribution >= 4 is 33.3 Å². The summed E-state index contributed by atoms with van der Waals surface area (Å²) in [7, 11) is 1.52. The van der Waals surface area contributed by atoms with Gasteiger partial charge in [0.15, 0.2) is 5.13 Å². The Kier molecular flexibility index (Phi) is 4.60. The number of anilines is 1. The number of halogens is 1. The van der Waals surface area contributed by atoms with Crippen LogP contribution in [0.25, 0.3) is 22.2 Å². The van der Waals surface area contributed by atoms with Crippen LogP contribution in [0.2, 0.25) is 0 Å². The lowest BCUT2D eigenvalue weighted by atomic mass is 10.1. The van der Waals surface area contributed by atoms with Crippen LogP contribution < -0.4 is 10.1 Å². The van der Waals surface area contributed by atoms with E-state index >= 15 is 0 Å². The van der Waals surface area contributed by atoms with Crippen LogP contribution in [0.1, 0.15) is 5.56 Å². The van der Waals surface area contributed by atoms with Crippen LogP contribution in [0.5, 0.6) is 5.75 Å². The Labute approximate surface area is 158 Å². The maximum absolute atomic E-state index is 13.6. The molecule has 7 heteroatoms. The van der Waals surface area contributed by atoms with Gasteiger partial charge in [-0.15, -0.1) is 11.3 Å². The molecule has 27 heavy (non-hydrogen) atoms. The Hall–Kier alpha value is -3.19. The van der Waals surface area contributed by atoms with E-state index in [1.54, 1.807) is 11.4 Å². The number of nitrogens with one attached hydrogen (secondary N) is 2. The number of H-pyrrole nitrogens is 1. The highest BCUT2D eigenvalue weighted by atomic mass is 32.1. The van der Waals surface area contributed by atoms with E-state index in [0.29, 0.717) is 22.1 Å². The Morgan fingerprint density at radius 2 is 2.15 bits per heavy atom. The highest BCUT2D eigenvalue weighted by molar-refractivity contribution is 7.14. The fourth-order valence-electron chi connectivity index (χ4n) is 2.95. The van der Waals surface area contributed by atoms with Crippen LogP contribution in [0, 0.1) is 5.82 Å². The number of para-hydroxylation sites is 1. The number of methoxy groups -OCH3 is 1. The Bertz CT molecular complexity index is 1120. The molecule has 2 heterocycles. The molecule has 0 spiro atoms. The first-order valence-electron chi connectivity index (χ1n) is 8.28. The van der Waals surface area contributed by atoms with E-state index in [-0.39, 0.29) is 18.1 Å². The third-order valence-corrected chi connectivity index (χ3v) is 4.97. The SMILES string of the molecule is COc1ccc(F)cc1-c1csc(NC(=O)Cc2c[nH]c3ccccc23)n1. The van der Waals surface area contributed by atoms with E-state index < -0.39 is 0 Å². The standard InChI is InChI=1S/C20H16FN3O2S/c1-26-18-7-6-13(21)9-15(18)17-11-27-20(23-17)24-19(25)8-12-10-22-16-5-3-2-4-14(12)16/h2-7,9-11,22H,8H2,1H3,(H,23,24,25). The van der Waals surface area contributed by atoms with Gasteiger partial charge in [0.1, 0.15) is 11.6 Å². The minimum absolute atomic E-state index is 0.160. The number of thiazole rings is 1. The number of hydrogen-bond acceptors (Lipinski definition) is 4. The molecule has 5 nitrogen and oxygen atoms in total. The number of amides is 1. The quantitative estimate of drug-likeness (QED) is 0.530. The van der Waals surface area contributed by atoms with Crippen LogP contribution in [0.3, 0.4) is 0 Å². The average Bonchev–Trinajstić information content (AvgIpc) is 3.29. The largest absolute Gasteiger partial charge is 0.496 e. The normalized spacial score (nSPS) is 10.9. The number of aromatic nitrogens is 2. The summed E-state index contributed by atoms with van der Waals surface area (Å²) in [5.74, 6) is -0.00560. The number of aromatic amines is 1. The first kappa shape index (κ1) is 17.2. The second kappa shape index (κ2) is 7.20. The molecule has 136 valence electrons. The fourth-order valence-corrected chi connectivity index (χ4v) is 3.68.